The van der Waals surface area contributed by atoms with E-state index in [9.17, 15) is 4.79 Å². The molecule has 106 valence electrons. The highest BCUT2D eigenvalue weighted by molar-refractivity contribution is 7.09. The van der Waals surface area contributed by atoms with Gasteiger partial charge in [0.25, 0.3) is 0 Å². The first-order valence-corrected chi connectivity index (χ1v) is 7.46. The number of aromatic nitrogens is 1. The van der Waals surface area contributed by atoms with Crippen molar-refractivity contribution < 1.29 is 14.6 Å². The molecule has 1 saturated heterocycles. The second-order valence-corrected chi connectivity index (χ2v) is 5.91. The molecule has 1 aromatic rings. The first-order valence-electron chi connectivity index (χ1n) is 6.58. The van der Waals surface area contributed by atoms with Crippen LogP contribution < -0.4 is 0 Å². The summed E-state index contributed by atoms with van der Waals surface area (Å²) in [5.74, 6) is -0.783. The minimum Gasteiger partial charge on any atom is -0.481 e. The molecule has 0 spiro atoms. The van der Waals surface area contributed by atoms with Gasteiger partial charge in [0.1, 0.15) is 11.1 Å². The average Bonchev–Trinajstić information content (AvgIpc) is 2.85. The predicted molar refractivity (Wildman–Crippen MR) is 73.5 cm³/mol. The molecule has 2 rings (SSSR count). The molecule has 1 aromatic heterocycles. The Morgan fingerprint density at radius 3 is 3.16 bits per heavy atom. The Labute approximate surface area is 117 Å². The van der Waals surface area contributed by atoms with Gasteiger partial charge in [-0.3, -0.25) is 9.69 Å². The molecule has 6 heteroatoms. The van der Waals surface area contributed by atoms with Crippen molar-refractivity contribution in [1.29, 1.82) is 0 Å². The SMILES string of the molecule is CC(C)N1CCOC(c2nc(CCC(=O)O)cs2)C1. The third-order valence-corrected chi connectivity index (χ3v) is 4.25. The van der Waals surface area contributed by atoms with Crippen LogP contribution in [-0.2, 0) is 16.0 Å². The molecule has 1 N–H and O–H groups in total. The number of morpholine rings is 1. The van der Waals surface area contributed by atoms with Crippen molar-refractivity contribution in [2.45, 2.75) is 38.8 Å². The fraction of sp³-hybridized carbons (Fsp3) is 0.692. The average molecular weight is 284 g/mol. The summed E-state index contributed by atoms with van der Waals surface area (Å²) in [6.07, 6.45) is 0.652. The van der Waals surface area contributed by atoms with Crippen LogP contribution in [0.4, 0.5) is 0 Å². The van der Waals surface area contributed by atoms with Gasteiger partial charge in [-0.25, -0.2) is 4.98 Å². The molecule has 0 radical (unpaired) electrons. The molecule has 0 amide bonds. The highest BCUT2D eigenvalue weighted by Crippen LogP contribution is 2.26. The molecule has 1 atom stereocenters. The monoisotopic (exact) mass is 284 g/mol. The van der Waals surface area contributed by atoms with Crippen LogP contribution in [0.25, 0.3) is 0 Å². The largest absolute Gasteiger partial charge is 0.481 e. The van der Waals surface area contributed by atoms with Crippen molar-refractivity contribution in [1.82, 2.24) is 9.88 Å². The van der Waals surface area contributed by atoms with Gasteiger partial charge in [0.05, 0.1) is 18.7 Å². The number of ether oxygens (including phenoxy) is 1. The Kier molecular flexibility index (Phi) is 4.90. The van der Waals surface area contributed by atoms with E-state index in [2.05, 4.69) is 23.7 Å². The summed E-state index contributed by atoms with van der Waals surface area (Å²) < 4.78 is 5.77. The lowest BCUT2D eigenvalue weighted by atomic mass is 10.2. The lowest BCUT2D eigenvalue weighted by molar-refractivity contribution is -0.136. The van der Waals surface area contributed by atoms with E-state index >= 15 is 0 Å². The van der Waals surface area contributed by atoms with E-state index in [1.54, 1.807) is 11.3 Å². The van der Waals surface area contributed by atoms with Gasteiger partial charge >= 0.3 is 5.97 Å². The predicted octanol–water partition coefficient (Wildman–Crippen LogP) is 1.94. The van der Waals surface area contributed by atoms with E-state index in [4.69, 9.17) is 9.84 Å². The normalized spacial score (nSPS) is 20.9. The van der Waals surface area contributed by atoms with Crippen LogP contribution in [0, 0.1) is 0 Å². The molecular formula is C13H20N2O3S. The minimum absolute atomic E-state index is 0.0275. The molecule has 0 bridgehead atoms. The third kappa shape index (κ3) is 3.99. The molecule has 19 heavy (non-hydrogen) atoms. The summed E-state index contributed by atoms with van der Waals surface area (Å²) in [5, 5.41) is 11.6. The Morgan fingerprint density at radius 2 is 2.47 bits per heavy atom. The van der Waals surface area contributed by atoms with Crippen LogP contribution in [0.3, 0.4) is 0 Å². The molecule has 0 saturated carbocycles. The Morgan fingerprint density at radius 1 is 1.68 bits per heavy atom. The van der Waals surface area contributed by atoms with Crippen molar-refractivity contribution >= 4 is 17.3 Å². The van der Waals surface area contributed by atoms with E-state index < -0.39 is 5.97 Å². The molecule has 1 aliphatic heterocycles. The smallest absolute Gasteiger partial charge is 0.303 e. The van der Waals surface area contributed by atoms with E-state index in [0.717, 1.165) is 30.4 Å². The van der Waals surface area contributed by atoms with Crippen molar-refractivity contribution in [3.8, 4) is 0 Å². The van der Waals surface area contributed by atoms with Gasteiger partial charge in [0.15, 0.2) is 0 Å². The number of aryl methyl sites for hydroxylation is 1. The second-order valence-electron chi connectivity index (χ2n) is 5.02. The number of hydrogen-bond acceptors (Lipinski definition) is 5. The van der Waals surface area contributed by atoms with Gasteiger partial charge in [-0.2, -0.15) is 0 Å². The summed E-state index contributed by atoms with van der Waals surface area (Å²) in [6.45, 7) is 6.92. The molecule has 2 heterocycles. The quantitative estimate of drug-likeness (QED) is 0.895. The van der Waals surface area contributed by atoms with Crippen molar-refractivity contribution in [3.63, 3.8) is 0 Å². The number of carboxylic acid groups (broad SMARTS) is 1. The Bertz CT molecular complexity index is 433. The zero-order valence-corrected chi connectivity index (χ0v) is 12.2. The highest BCUT2D eigenvalue weighted by atomic mass is 32.1. The third-order valence-electron chi connectivity index (χ3n) is 3.27. The molecule has 0 aliphatic carbocycles. The lowest BCUT2D eigenvalue weighted by Gasteiger charge is -2.34. The van der Waals surface area contributed by atoms with Crippen LogP contribution >= 0.6 is 11.3 Å². The van der Waals surface area contributed by atoms with Crippen LogP contribution in [-0.4, -0.2) is 46.7 Å². The van der Waals surface area contributed by atoms with Crippen LogP contribution in [0.15, 0.2) is 5.38 Å². The molecule has 1 aliphatic rings. The fourth-order valence-electron chi connectivity index (χ4n) is 2.11. The lowest BCUT2D eigenvalue weighted by Crippen LogP contribution is -2.42. The molecule has 5 nitrogen and oxygen atoms in total. The van der Waals surface area contributed by atoms with Gasteiger partial charge in [-0.1, -0.05) is 0 Å². The van der Waals surface area contributed by atoms with E-state index in [0.29, 0.717) is 12.5 Å². The van der Waals surface area contributed by atoms with Gasteiger partial charge in [-0.15, -0.1) is 11.3 Å². The molecular weight excluding hydrogens is 264 g/mol. The van der Waals surface area contributed by atoms with Crippen LogP contribution in [0.2, 0.25) is 0 Å². The van der Waals surface area contributed by atoms with Crippen molar-refractivity contribution in [2.75, 3.05) is 19.7 Å². The topological polar surface area (TPSA) is 62.7 Å². The number of aliphatic carboxylic acids is 1. The van der Waals surface area contributed by atoms with Gasteiger partial charge in [-0.05, 0) is 13.8 Å². The number of carboxylic acids is 1. The zero-order valence-electron chi connectivity index (χ0n) is 11.3. The minimum atomic E-state index is -0.783. The Balaban J connectivity index is 1.95. The van der Waals surface area contributed by atoms with Crippen molar-refractivity contribution in [3.05, 3.63) is 16.1 Å². The van der Waals surface area contributed by atoms with E-state index in [1.807, 2.05) is 5.38 Å². The maximum Gasteiger partial charge on any atom is 0.303 e. The number of carbonyl (C=O) groups is 1. The maximum absolute atomic E-state index is 10.5. The maximum atomic E-state index is 10.5. The first kappa shape index (κ1) is 14.4. The first-order chi connectivity index (χ1) is 9.06. The Hall–Kier alpha value is -0.980. The number of rotatable bonds is 5. The van der Waals surface area contributed by atoms with E-state index in [-0.39, 0.29) is 12.5 Å². The highest BCUT2D eigenvalue weighted by Gasteiger charge is 2.25. The summed E-state index contributed by atoms with van der Waals surface area (Å²) in [6, 6.07) is 0.512. The van der Waals surface area contributed by atoms with Crippen molar-refractivity contribution in [2.24, 2.45) is 0 Å². The van der Waals surface area contributed by atoms with Gasteiger partial charge in [0.2, 0.25) is 0 Å². The summed E-state index contributed by atoms with van der Waals surface area (Å²) in [7, 11) is 0. The number of hydrogen-bond donors (Lipinski definition) is 1. The molecule has 1 unspecified atom stereocenters. The van der Waals surface area contributed by atoms with Gasteiger partial charge < -0.3 is 9.84 Å². The van der Waals surface area contributed by atoms with Gasteiger partial charge in [0, 0.05) is 30.9 Å². The molecule has 1 fully saturated rings. The second kappa shape index (κ2) is 6.45. The van der Waals surface area contributed by atoms with Crippen LogP contribution in [0.1, 0.15) is 37.1 Å². The number of nitrogens with zero attached hydrogens (tertiary/aromatic N) is 2. The summed E-state index contributed by atoms with van der Waals surface area (Å²) in [4.78, 5) is 17.4. The standard InChI is InChI=1S/C13H20N2O3S/c1-9(2)15-5-6-18-11(7-15)13-14-10(8-19-13)3-4-12(16)17/h8-9,11H,3-7H2,1-2H3,(H,16,17). The number of thiazole rings is 1. The fourth-order valence-corrected chi connectivity index (χ4v) is 3.00. The van der Waals surface area contributed by atoms with E-state index in [1.165, 1.54) is 0 Å². The zero-order chi connectivity index (χ0) is 13.8. The molecule has 0 aromatic carbocycles. The summed E-state index contributed by atoms with van der Waals surface area (Å²) >= 11 is 1.57. The summed E-state index contributed by atoms with van der Waals surface area (Å²) in [5.41, 5.74) is 0.854. The van der Waals surface area contributed by atoms with Crippen LogP contribution in [0.5, 0.6) is 0 Å².